The Hall–Kier alpha value is -2.09. The number of hydrogen-bond donors (Lipinski definition) is 3. The quantitative estimate of drug-likeness (QED) is 0.703. The zero-order valence-electron chi connectivity index (χ0n) is 11.3. The van der Waals surface area contributed by atoms with Crippen LogP contribution in [0.25, 0.3) is 0 Å². The van der Waals surface area contributed by atoms with Gasteiger partial charge in [0.15, 0.2) is 9.84 Å². The smallest absolute Gasteiger partial charge is 0.337 e. The molecule has 0 unspecified atom stereocenters. The average Bonchev–Trinajstić information content (AvgIpc) is 2.29. The number of carboxylic acids is 1. The lowest BCUT2D eigenvalue weighted by Gasteiger charge is -2.22. The SMILES string of the molecule is CC(C)(C(=O)Nc1ccc(N)cc1C(=O)O)S(C)(=O)=O. The first-order chi connectivity index (χ1) is 8.96. The van der Waals surface area contributed by atoms with Crippen molar-refractivity contribution in [1.29, 1.82) is 0 Å². The van der Waals surface area contributed by atoms with Gasteiger partial charge in [0.1, 0.15) is 4.75 Å². The summed E-state index contributed by atoms with van der Waals surface area (Å²) in [5.74, 6) is -2.09. The van der Waals surface area contributed by atoms with Crippen LogP contribution in [0.1, 0.15) is 24.2 Å². The van der Waals surface area contributed by atoms with Crippen LogP contribution in [0, 0.1) is 0 Å². The molecule has 4 N–H and O–H groups in total. The molecule has 0 fully saturated rings. The van der Waals surface area contributed by atoms with Gasteiger partial charge >= 0.3 is 5.97 Å². The van der Waals surface area contributed by atoms with Crippen molar-refractivity contribution in [2.24, 2.45) is 0 Å². The first kappa shape index (κ1) is 16.0. The Bertz CT molecular complexity index is 664. The molecule has 0 aliphatic heterocycles. The number of carbonyl (C=O) groups is 2. The van der Waals surface area contributed by atoms with Crippen molar-refractivity contribution >= 4 is 33.1 Å². The number of nitrogens with two attached hydrogens (primary N) is 1. The normalized spacial score (nSPS) is 11.9. The lowest BCUT2D eigenvalue weighted by Crippen LogP contribution is -2.44. The van der Waals surface area contributed by atoms with Gasteiger partial charge in [0.05, 0.1) is 11.3 Å². The van der Waals surface area contributed by atoms with Gasteiger partial charge in [-0.05, 0) is 32.0 Å². The average molecular weight is 300 g/mol. The molecule has 0 aliphatic rings. The first-order valence-corrected chi connectivity index (χ1v) is 7.50. The predicted octanol–water partition coefficient (Wildman–Crippen LogP) is 0.729. The predicted molar refractivity (Wildman–Crippen MR) is 75.4 cm³/mol. The maximum Gasteiger partial charge on any atom is 0.337 e. The molecule has 1 aromatic rings. The molecule has 110 valence electrons. The topological polar surface area (TPSA) is 127 Å². The van der Waals surface area contributed by atoms with Crippen LogP contribution in [0.3, 0.4) is 0 Å². The van der Waals surface area contributed by atoms with Crippen molar-refractivity contribution < 1.29 is 23.1 Å². The van der Waals surface area contributed by atoms with E-state index >= 15 is 0 Å². The van der Waals surface area contributed by atoms with Crippen LogP contribution in [-0.4, -0.2) is 36.4 Å². The van der Waals surface area contributed by atoms with Gasteiger partial charge in [0, 0.05) is 11.9 Å². The Labute approximate surface area is 116 Å². The highest BCUT2D eigenvalue weighted by atomic mass is 32.2. The number of rotatable bonds is 4. The van der Waals surface area contributed by atoms with Crippen LogP contribution >= 0.6 is 0 Å². The maximum absolute atomic E-state index is 12.0. The van der Waals surface area contributed by atoms with E-state index in [1.807, 2.05) is 0 Å². The van der Waals surface area contributed by atoms with Gasteiger partial charge in [-0.15, -0.1) is 0 Å². The molecule has 0 heterocycles. The number of amides is 1. The molecule has 0 aliphatic carbocycles. The highest BCUT2D eigenvalue weighted by molar-refractivity contribution is 7.92. The number of sulfone groups is 1. The van der Waals surface area contributed by atoms with E-state index < -0.39 is 26.5 Å². The lowest BCUT2D eigenvalue weighted by molar-refractivity contribution is -0.117. The summed E-state index contributed by atoms with van der Waals surface area (Å²) in [6.07, 6.45) is 0.938. The molecule has 0 saturated heterocycles. The Morgan fingerprint density at radius 2 is 1.85 bits per heavy atom. The number of aromatic carboxylic acids is 1. The van der Waals surface area contributed by atoms with E-state index in [9.17, 15) is 18.0 Å². The van der Waals surface area contributed by atoms with E-state index in [0.717, 1.165) is 6.26 Å². The zero-order chi connectivity index (χ0) is 15.7. The lowest BCUT2D eigenvalue weighted by atomic mass is 10.1. The second-order valence-electron chi connectivity index (χ2n) is 4.85. The summed E-state index contributed by atoms with van der Waals surface area (Å²) in [5, 5.41) is 11.4. The number of nitrogens with one attached hydrogen (secondary N) is 1. The minimum Gasteiger partial charge on any atom is -0.478 e. The molecule has 0 radical (unpaired) electrons. The van der Waals surface area contributed by atoms with Crippen LogP contribution in [0.4, 0.5) is 11.4 Å². The zero-order valence-corrected chi connectivity index (χ0v) is 12.1. The van der Waals surface area contributed by atoms with E-state index in [1.54, 1.807) is 0 Å². The molecule has 0 bridgehead atoms. The fourth-order valence-electron chi connectivity index (χ4n) is 1.29. The Kier molecular flexibility index (Phi) is 4.09. The first-order valence-electron chi connectivity index (χ1n) is 5.60. The molecule has 1 amide bonds. The van der Waals surface area contributed by atoms with E-state index in [2.05, 4.69) is 5.32 Å². The van der Waals surface area contributed by atoms with Gasteiger partial charge in [-0.2, -0.15) is 0 Å². The Morgan fingerprint density at radius 1 is 1.30 bits per heavy atom. The van der Waals surface area contributed by atoms with Crippen LogP contribution in [-0.2, 0) is 14.6 Å². The summed E-state index contributed by atoms with van der Waals surface area (Å²) in [6, 6.07) is 3.91. The van der Waals surface area contributed by atoms with Crippen LogP contribution < -0.4 is 11.1 Å². The van der Waals surface area contributed by atoms with Crippen LogP contribution in [0.15, 0.2) is 18.2 Å². The molecule has 0 aromatic heterocycles. The van der Waals surface area contributed by atoms with Gasteiger partial charge in [0.25, 0.3) is 0 Å². The standard InChI is InChI=1S/C12H16N2O5S/c1-12(2,20(3,18)19)11(17)14-9-5-4-7(13)6-8(9)10(15)16/h4-6H,13H2,1-3H3,(H,14,17)(H,15,16). The van der Waals surface area contributed by atoms with Crippen molar-refractivity contribution in [3.63, 3.8) is 0 Å². The molecule has 7 nitrogen and oxygen atoms in total. The van der Waals surface area contributed by atoms with Gasteiger partial charge in [-0.25, -0.2) is 13.2 Å². The summed E-state index contributed by atoms with van der Waals surface area (Å²) < 4.78 is 21.4. The summed E-state index contributed by atoms with van der Waals surface area (Å²) in [7, 11) is -3.65. The summed E-state index contributed by atoms with van der Waals surface area (Å²) >= 11 is 0. The largest absolute Gasteiger partial charge is 0.478 e. The van der Waals surface area contributed by atoms with Crippen LogP contribution in [0.5, 0.6) is 0 Å². The summed E-state index contributed by atoms with van der Waals surface area (Å²) in [6.45, 7) is 2.49. The number of carboxylic acid groups (broad SMARTS) is 1. The third-order valence-electron chi connectivity index (χ3n) is 3.00. The minimum atomic E-state index is -3.65. The molecule has 20 heavy (non-hydrogen) atoms. The summed E-state index contributed by atoms with van der Waals surface area (Å²) in [5.41, 5.74) is 5.49. The van der Waals surface area contributed by atoms with Gasteiger partial charge in [-0.3, -0.25) is 4.79 Å². The monoisotopic (exact) mass is 300 g/mol. The van der Waals surface area contributed by atoms with Crippen molar-refractivity contribution in [3.05, 3.63) is 23.8 Å². The van der Waals surface area contributed by atoms with Crippen molar-refractivity contribution in [1.82, 2.24) is 0 Å². The Morgan fingerprint density at radius 3 is 2.30 bits per heavy atom. The van der Waals surface area contributed by atoms with E-state index in [1.165, 1.54) is 32.0 Å². The molecule has 0 atom stereocenters. The van der Waals surface area contributed by atoms with Gasteiger partial charge in [-0.1, -0.05) is 0 Å². The minimum absolute atomic E-state index is 0.00609. The summed E-state index contributed by atoms with van der Waals surface area (Å²) in [4.78, 5) is 23.1. The highest BCUT2D eigenvalue weighted by Crippen LogP contribution is 2.23. The maximum atomic E-state index is 12.0. The molecule has 8 heteroatoms. The van der Waals surface area contributed by atoms with E-state index in [-0.39, 0.29) is 16.9 Å². The number of nitrogen functional groups attached to an aromatic ring is 1. The molecular formula is C12H16N2O5S. The van der Waals surface area contributed by atoms with Crippen molar-refractivity contribution in [2.45, 2.75) is 18.6 Å². The third kappa shape index (κ3) is 3.08. The second-order valence-corrected chi connectivity index (χ2v) is 7.41. The number of anilines is 2. The number of benzene rings is 1. The number of carbonyl (C=O) groups excluding carboxylic acids is 1. The fraction of sp³-hybridized carbons (Fsp3) is 0.333. The van der Waals surface area contributed by atoms with E-state index in [0.29, 0.717) is 0 Å². The van der Waals surface area contributed by atoms with Gasteiger partial charge in [0.2, 0.25) is 5.91 Å². The molecule has 1 aromatic carbocycles. The molecule has 0 saturated carbocycles. The van der Waals surface area contributed by atoms with Crippen molar-refractivity contribution in [2.75, 3.05) is 17.3 Å². The van der Waals surface area contributed by atoms with Gasteiger partial charge < -0.3 is 16.2 Å². The third-order valence-corrected chi connectivity index (χ3v) is 5.04. The van der Waals surface area contributed by atoms with E-state index in [4.69, 9.17) is 10.8 Å². The van der Waals surface area contributed by atoms with Crippen LogP contribution in [0.2, 0.25) is 0 Å². The Balaban J connectivity index is 3.18. The molecular weight excluding hydrogens is 284 g/mol. The van der Waals surface area contributed by atoms with Crippen molar-refractivity contribution in [3.8, 4) is 0 Å². The second kappa shape index (κ2) is 5.12. The molecule has 0 spiro atoms. The number of hydrogen-bond acceptors (Lipinski definition) is 5. The highest BCUT2D eigenvalue weighted by Gasteiger charge is 2.38. The molecule has 1 rings (SSSR count). The fourth-order valence-corrected chi connectivity index (χ4v) is 1.68.